The molecule has 0 spiro atoms. The Morgan fingerprint density at radius 3 is 2.53 bits per heavy atom. The molecule has 3 aromatic rings. The molecule has 0 aromatic carbocycles. The number of rotatable bonds is 6. The molecule has 0 unspecified atom stereocenters. The number of fused-ring (bicyclic) bond motifs is 1. The Labute approximate surface area is 200 Å². The first-order valence-electron chi connectivity index (χ1n) is 12.2. The minimum absolute atomic E-state index is 0.0133. The lowest BCUT2D eigenvalue weighted by Crippen LogP contribution is -2.46. The molecule has 1 aliphatic carbocycles. The zero-order chi connectivity index (χ0) is 23.7. The van der Waals surface area contributed by atoms with Gasteiger partial charge in [-0.1, -0.05) is 19.8 Å². The first-order chi connectivity index (χ1) is 16.5. The molecule has 5 rings (SSSR count). The summed E-state index contributed by atoms with van der Waals surface area (Å²) in [6.45, 7) is 7.29. The van der Waals surface area contributed by atoms with Crippen molar-refractivity contribution in [3.63, 3.8) is 0 Å². The predicted octanol–water partition coefficient (Wildman–Crippen LogP) is 2.92. The molecule has 1 saturated carbocycles. The molecule has 0 radical (unpaired) electrons. The molecule has 0 atom stereocenters. The van der Waals surface area contributed by atoms with Crippen molar-refractivity contribution in [2.75, 3.05) is 57.0 Å². The first kappa shape index (κ1) is 22.5. The molecule has 1 N–H and O–H groups in total. The maximum atomic E-state index is 12.9. The van der Waals surface area contributed by atoms with Gasteiger partial charge >= 0.3 is 0 Å². The van der Waals surface area contributed by atoms with Crippen LogP contribution in [0, 0.1) is 0 Å². The highest BCUT2D eigenvalue weighted by Gasteiger charge is 2.26. The number of aromatic nitrogens is 5. The van der Waals surface area contributed by atoms with Crippen molar-refractivity contribution >= 4 is 34.5 Å². The van der Waals surface area contributed by atoms with Gasteiger partial charge in [-0.05, 0) is 37.6 Å². The number of anilines is 3. The molecule has 10 heteroatoms. The van der Waals surface area contributed by atoms with E-state index in [2.05, 4.69) is 41.8 Å². The van der Waals surface area contributed by atoms with Gasteiger partial charge in [0.1, 0.15) is 11.3 Å². The fourth-order valence-electron chi connectivity index (χ4n) is 4.96. The molecule has 2 fully saturated rings. The Bertz CT molecular complexity index is 1140. The summed E-state index contributed by atoms with van der Waals surface area (Å²) in [5.74, 6) is 1.92. The normalized spacial score (nSPS) is 17.4. The van der Waals surface area contributed by atoms with Crippen molar-refractivity contribution in [3.8, 4) is 0 Å². The Balaban J connectivity index is 1.38. The van der Waals surface area contributed by atoms with Crippen molar-refractivity contribution in [2.45, 2.75) is 38.6 Å². The topological polar surface area (TPSA) is 95.3 Å². The highest BCUT2D eigenvalue weighted by Crippen LogP contribution is 2.34. The Kier molecular flexibility index (Phi) is 6.32. The summed E-state index contributed by atoms with van der Waals surface area (Å²) in [6.07, 6.45) is 6.24. The van der Waals surface area contributed by atoms with Crippen LogP contribution in [-0.4, -0.2) is 87.3 Å². The van der Waals surface area contributed by atoms with Gasteiger partial charge < -0.3 is 24.6 Å². The van der Waals surface area contributed by atoms with Gasteiger partial charge in [-0.3, -0.25) is 4.79 Å². The highest BCUT2D eigenvalue weighted by atomic mass is 16.2. The maximum absolute atomic E-state index is 12.9. The molecular weight excluding hydrogens is 430 g/mol. The Morgan fingerprint density at radius 2 is 1.88 bits per heavy atom. The maximum Gasteiger partial charge on any atom is 0.270 e. The largest absolute Gasteiger partial charge is 0.353 e. The molecule has 1 amide bonds. The molecular formula is C24H33N9O. The van der Waals surface area contributed by atoms with Crippen molar-refractivity contribution < 1.29 is 4.79 Å². The van der Waals surface area contributed by atoms with Crippen LogP contribution >= 0.6 is 0 Å². The zero-order valence-corrected chi connectivity index (χ0v) is 20.2. The van der Waals surface area contributed by atoms with Gasteiger partial charge in [-0.2, -0.15) is 4.98 Å². The molecule has 0 bridgehead atoms. The van der Waals surface area contributed by atoms with Crippen molar-refractivity contribution in [3.05, 3.63) is 30.1 Å². The van der Waals surface area contributed by atoms with E-state index in [0.29, 0.717) is 17.5 Å². The molecule has 1 aliphatic heterocycles. The van der Waals surface area contributed by atoms with Gasteiger partial charge in [0.2, 0.25) is 5.95 Å². The second-order valence-electron chi connectivity index (χ2n) is 9.33. The minimum atomic E-state index is -0.0133. The number of hydrogen-bond acceptors (Lipinski definition) is 8. The summed E-state index contributed by atoms with van der Waals surface area (Å²) in [6, 6.07) is 6.10. The van der Waals surface area contributed by atoms with Gasteiger partial charge in [-0.15, -0.1) is 10.2 Å². The molecule has 3 aromatic heterocycles. The molecule has 4 heterocycles. The van der Waals surface area contributed by atoms with E-state index < -0.39 is 0 Å². The van der Waals surface area contributed by atoms with Crippen LogP contribution in [-0.2, 0) is 0 Å². The molecule has 2 aliphatic rings. The molecule has 34 heavy (non-hydrogen) atoms. The number of amides is 1. The van der Waals surface area contributed by atoms with Gasteiger partial charge in [0.25, 0.3) is 5.91 Å². The monoisotopic (exact) mass is 463 g/mol. The first-order valence-corrected chi connectivity index (χ1v) is 12.2. The van der Waals surface area contributed by atoms with E-state index in [0.717, 1.165) is 62.4 Å². The predicted molar refractivity (Wildman–Crippen MR) is 133 cm³/mol. The number of carbonyl (C=O) groups is 1. The number of nitrogens with zero attached hydrogens (tertiary/aromatic N) is 8. The van der Waals surface area contributed by atoms with Crippen LogP contribution in [0.1, 0.15) is 49.1 Å². The lowest BCUT2D eigenvalue weighted by Gasteiger charge is -2.34. The third kappa shape index (κ3) is 4.42. The van der Waals surface area contributed by atoms with Gasteiger partial charge in [-0.25, -0.2) is 4.98 Å². The van der Waals surface area contributed by atoms with Gasteiger partial charge in [0.05, 0.1) is 0 Å². The van der Waals surface area contributed by atoms with Crippen molar-refractivity contribution in [1.82, 2.24) is 34.5 Å². The smallest absolute Gasteiger partial charge is 0.270 e. The second-order valence-corrected chi connectivity index (χ2v) is 9.33. The second kappa shape index (κ2) is 9.54. The summed E-state index contributed by atoms with van der Waals surface area (Å²) in [5, 5.41) is 12.8. The van der Waals surface area contributed by atoms with E-state index in [1.807, 2.05) is 18.2 Å². The van der Waals surface area contributed by atoms with E-state index in [1.54, 1.807) is 25.2 Å². The number of likely N-dealkylation sites (N-methyl/N-ethyl adjacent to an activating group) is 1. The van der Waals surface area contributed by atoms with Crippen LogP contribution in [0.4, 0.5) is 17.6 Å². The van der Waals surface area contributed by atoms with Gasteiger partial charge in [0.15, 0.2) is 11.6 Å². The fourth-order valence-corrected chi connectivity index (χ4v) is 4.96. The van der Waals surface area contributed by atoms with Crippen LogP contribution < -0.4 is 10.2 Å². The van der Waals surface area contributed by atoms with Crippen molar-refractivity contribution in [2.24, 2.45) is 0 Å². The molecule has 1 saturated heterocycles. The number of piperazine rings is 1. The van der Waals surface area contributed by atoms with E-state index in [4.69, 9.17) is 4.98 Å². The third-order valence-corrected chi connectivity index (χ3v) is 6.92. The number of carbonyl (C=O) groups excluding carboxylic acids is 1. The van der Waals surface area contributed by atoms with Crippen molar-refractivity contribution in [1.29, 1.82) is 0 Å². The van der Waals surface area contributed by atoms with Crippen LogP contribution in [0.5, 0.6) is 0 Å². The average Bonchev–Trinajstić information content (AvgIpc) is 3.51. The van der Waals surface area contributed by atoms with Crippen LogP contribution in [0.2, 0.25) is 0 Å². The molecule has 180 valence electrons. The van der Waals surface area contributed by atoms with Crippen LogP contribution in [0.25, 0.3) is 11.0 Å². The van der Waals surface area contributed by atoms with E-state index >= 15 is 0 Å². The van der Waals surface area contributed by atoms with E-state index in [-0.39, 0.29) is 11.9 Å². The summed E-state index contributed by atoms with van der Waals surface area (Å²) in [4.78, 5) is 28.5. The average molecular weight is 464 g/mol. The highest BCUT2D eigenvalue weighted by molar-refractivity contribution is 5.97. The van der Waals surface area contributed by atoms with Gasteiger partial charge in [0, 0.05) is 57.9 Å². The number of nitrogens with one attached hydrogen (secondary N) is 1. The summed E-state index contributed by atoms with van der Waals surface area (Å²) in [7, 11) is 3.56. The SMILES string of the molecule is CCN1CCN(c2ccc(Nc3ncc4cc(C(=O)N(C)C)n(C5CCCC5)c4n3)nn2)CC1. The Morgan fingerprint density at radius 1 is 1.12 bits per heavy atom. The van der Waals surface area contributed by atoms with E-state index in [9.17, 15) is 4.79 Å². The lowest BCUT2D eigenvalue weighted by atomic mass is 10.2. The third-order valence-electron chi connectivity index (χ3n) is 6.92. The number of hydrogen-bond donors (Lipinski definition) is 1. The zero-order valence-electron chi connectivity index (χ0n) is 20.2. The lowest BCUT2D eigenvalue weighted by molar-refractivity contribution is 0.0815. The Hall–Kier alpha value is -3.27. The summed E-state index contributed by atoms with van der Waals surface area (Å²) < 4.78 is 2.11. The van der Waals surface area contributed by atoms with E-state index in [1.165, 1.54) is 12.8 Å². The minimum Gasteiger partial charge on any atom is -0.353 e. The quantitative estimate of drug-likeness (QED) is 0.596. The van der Waals surface area contributed by atoms with Crippen LogP contribution in [0.15, 0.2) is 24.4 Å². The summed E-state index contributed by atoms with van der Waals surface area (Å²) >= 11 is 0. The fraction of sp³-hybridized carbons (Fsp3) is 0.542. The standard InChI is InChI=1S/C24H33N9O/c1-4-31-11-13-32(14-12-31)21-10-9-20(28-29-21)26-24-25-16-17-15-19(23(34)30(2)3)33(22(17)27-24)18-7-5-6-8-18/h9-10,15-16,18H,4-8,11-14H2,1-3H3,(H,25,26,27,28). The van der Waals surface area contributed by atoms with Crippen LogP contribution in [0.3, 0.4) is 0 Å². The summed E-state index contributed by atoms with van der Waals surface area (Å²) in [5.41, 5.74) is 1.46. The molecule has 10 nitrogen and oxygen atoms in total.